The number of hydrogen-bond acceptors (Lipinski definition) is 5. The van der Waals surface area contributed by atoms with Crippen LogP contribution in [-0.4, -0.2) is 34.1 Å². The van der Waals surface area contributed by atoms with Gasteiger partial charge in [0.05, 0.1) is 18.6 Å². The summed E-state index contributed by atoms with van der Waals surface area (Å²) in [5.74, 6) is 0.247. The number of nitrogens with one attached hydrogen (secondary N) is 1. The number of methoxy groups -OCH3 is 1. The highest BCUT2D eigenvalue weighted by molar-refractivity contribution is 7.90. The summed E-state index contributed by atoms with van der Waals surface area (Å²) in [4.78, 5) is 11.8. The number of sulfonamides is 1. The summed E-state index contributed by atoms with van der Waals surface area (Å²) >= 11 is 0. The molecule has 0 bridgehead atoms. The fraction of sp³-hybridized carbons (Fsp3) is 0.500. The first kappa shape index (κ1) is 15.8. The van der Waals surface area contributed by atoms with Gasteiger partial charge in [0.15, 0.2) is 0 Å². The highest BCUT2D eigenvalue weighted by atomic mass is 32.2. The number of hydrogen-bond donors (Lipinski definition) is 1. The van der Waals surface area contributed by atoms with Crippen molar-refractivity contribution >= 4 is 15.9 Å². The molecule has 1 saturated carbocycles. The predicted octanol–water partition coefficient (Wildman–Crippen LogP) is 1.32. The van der Waals surface area contributed by atoms with Gasteiger partial charge in [-0.1, -0.05) is 6.07 Å². The van der Waals surface area contributed by atoms with Gasteiger partial charge in [-0.25, -0.2) is 13.1 Å². The molecule has 0 aliphatic heterocycles. The number of rotatable bonds is 7. The zero-order chi connectivity index (χ0) is 15.5. The lowest BCUT2D eigenvalue weighted by molar-refractivity contribution is -0.130. The van der Waals surface area contributed by atoms with Crippen LogP contribution in [0.3, 0.4) is 0 Å². The number of amides is 1. The van der Waals surface area contributed by atoms with Gasteiger partial charge in [-0.3, -0.25) is 4.79 Å². The van der Waals surface area contributed by atoms with Crippen LogP contribution in [0.5, 0.6) is 5.75 Å². The van der Waals surface area contributed by atoms with Crippen LogP contribution in [0.2, 0.25) is 0 Å². The number of carbonyl (C=O) groups excluding carboxylic acids is 1. The second-order valence-electron chi connectivity index (χ2n) is 5.07. The summed E-state index contributed by atoms with van der Waals surface area (Å²) < 4.78 is 36.6. The Morgan fingerprint density at radius 2 is 2.14 bits per heavy atom. The van der Waals surface area contributed by atoms with E-state index in [4.69, 9.17) is 9.47 Å². The van der Waals surface area contributed by atoms with Gasteiger partial charge in [-0.2, -0.15) is 0 Å². The topological polar surface area (TPSA) is 81.7 Å². The first-order valence-electron chi connectivity index (χ1n) is 6.74. The van der Waals surface area contributed by atoms with E-state index in [9.17, 15) is 13.2 Å². The maximum Gasteiger partial charge on any atom is 0.264 e. The van der Waals surface area contributed by atoms with Crippen molar-refractivity contribution in [1.82, 2.24) is 4.72 Å². The molecule has 116 valence electrons. The number of benzene rings is 1. The fourth-order valence-electron chi connectivity index (χ4n) is 1.68. The van der Waals surface area contributed by atoms with Crippen molar-refractivity contribution < 1.29 is 22.7 Å². The van der Waals surface area contributed by atoms with E-state index in [2.05, 4.69) is 0 Å². The van der Waals surface area contributed by atoms with Crippen LogP contribution in [0.15, 0.2) is 29.2 Å². The van der Waals surface area contributed by atoms with Gasteiger partial charge in [0, 0.05) is 6.07 Å². The zero-order valence-electron chi connectivity index (χ0n) is 12.0. The lowest BCUT2D eigenvalue weighted by Gasteiger charge is -2.13. The Balaban J connectivity index is 1.99. The number of ether oxygens (including phenoxy) is 2. The Morgan fingerprint density at radius 3 is 2.76 bits per heavy atom. The van der Waals surface area contributed by atoms with E-state index in [0.717, 1.165) is 12.8 Å². The monoisotopic (exact) mass is 313 g/mol. The van der Waals surface area contributed by atoms with Crippen molar-refractivity contribution in [1.29, 1.82) is 0 Å². The molecule has 1 aliphatic rings. The van der Waals surface area contributed by atoms with Gasteiger partial charge in [-0.05, 0) is 37.8 Å². The molecule has 2 rings (SSSR count). The third-order valence-electron chi connectivity index (χ3n) is 3.23. The van der Waals surface area contributed by atoms with Crippen molar-refractivity contribution in [3.8, 4) is 5.75 Å². The van der Waals surface area contributed by atoms with E-state index in [1.807, 2.05) is 4.72 Å². The van der Waals surface area contributed by atoms with E-state index < -0.39 is 22.0 Å². The molecule has 0 aromatic heterocycles. The van der Waals surface area contributed by atoms with Gasteiger partial charge >= 0.3 is 0 Å². The molecule has 21 heavy (non-hydrogen) atoms. The summed E-state index contributed by atoms with van der Waals surface area (Å²) in [5, 5.41) is 0. The third-order valence-corrected chi connectivity index (χ3v) is 4.58. The number of carbonyl (C=O) groups is 1. The van der Waals surface area contributed by atoms with Gasteiger partial charge < -0.3 is 9.47 Å². The quantitative estimate of drug-likeness (QED) is 0.821. The van der Waals surface area contributed by atoms with Crippen molar-refractivity contribution in [2.45, 2.75) is 30.8 Å². The van der Waals surface area contributed by atoms with Gasteiger partial charge in [-0.15, -0.1) is 0 Å². The summed E-state index contributed by atoms with van der Waals surface area (Å²) in [7, 11) is -2.48. The Labute approximate surface area is 124 Å². The minimum Gasteiger partial charge on any atom is -0.497 e. The standard InChI is InChI=1S/C14H19NO5S/c1-10(20-9-11-6-7-11)14(16)15-21(17,18)13-5-3-4-12(8-13)19-2/h3-5,8,10-11H,6-7,9H2,1-2H3,(H,15,16)/t10-/m0/s1. The minimum absolute atomic E-state index is 0.0235. The third kappa shape index (κ3) is 4.44. The second-order valence-corrected chi connectivity index (χ2v) is 6.75. The SMILES string of the molecule is COc1cccc(S(=O)(=O)NC(=O)[C@H](C)OCC2CC2)c1. The molecule has 0 unspecified atom stereocenters. The van der Waals surface area contributed by atoms with Crippen molar-refractivity contribution in [3.63, 3.8) is 0 Å². The Kier molecular flexibility index (Phi) is 4.84. The smallest absolute Gasteiger partial charge is 0.264 e. The van der Waals surface area contributed by atoms with Gasteiger partial charge in [0.25, 0.3) is 15.9 Å². The second kappa shape index (κ2) is 6.44. The molecule has 6 nitrogen and oxygen atoms in total. The Bertz CT molecular complexity index is 610. The first-order chi connectivity index (χ1) is 9.92. The summed E-state index contributed by atoms with van der Waals surface area (Å²) in [6.07, 6.45) is 1.42. The molecule has 0 heterocycles. The van der Waals surface area contributed by atoms with E-state index in [1.165, 1.54) is 19.2 Å². The van der Waals surface area contributed by atoms with Crippen molar-refractivity contribution in [3.05, 3.63) is 24.3 Å². The highest BCUT2D eigenvalue weighted by Gasteiger charge is 2.26. The van der Waals surface area contributed by atoms with Crippen molar-refractivity contribution in [2.24, 2.45) is 5.92 Å². The Morgan fingerprint density at radius 1 is 1.43 bits per heavy atom. The van der Waals surface area contributed by atoms with E-state index in [-0.39, 0.29) is 4.90 Å². The lowest BCUT2D eigenvalue weighted by atomic mass is 10.3. The maximum atomic E-state index is 12.1. The van der Waals surface area contributed by atoms with E-state index in [0.29, 0.717) is 18.3 Å². The molecule has 1 amide bonds. The maximum absolute atomic E-state index is 12.1. The van der Waals surface area contributed by atoms with Gasteiger partial charge in [0.1, 0.15) is 11.9 Å². The van der Waals surface area contributed by atoms with Crippen LogP contribution in [-0.2, 0) is 19.6 Å². The fourth-order valence-corrected chi connectivity index (χ4v) is 2.76. The molecule has 1 atom stereocenters. The van der Waals surface area contributed by atoms with Crippen LogP contribution in [0.4, 0.5) is 0 Å². The van der Waals surface area contributed by atoms with Crippen LogP contribution < -0.4 is 9.46 Å². The molecule has 0 spiro atoms. The summed E-state index contributed by atoms with van der Waals surface area (Å²) in [6.45, 7) is 2.03. The molecule has 0 radical (unpaired) electrons. The normalized spacial score (nSPS) is 16.3. The molecule has 1 aromatic carbocycles. The molecule has 0 saturated heterocycles. The molecule has 1 fully saturated rings. The molecular formula is C14H19NO5S. The minimum atomic E-state index is -3.92. The van der Waals surface area contributed by atoms with Crippen LogP contribution >= 0.6 is 0 Å². The van der Waals surface area contributed by atoms with Crippen molar-refractivity contribution in [2.75, 3.05) is 13.7 Å². The molecule has 1 N–H and O–H groups in total. The average molecular weight is 313 g/mol. The molecular weight excluding hydrogens is 294 g/mol. The average Bonchev–Trinajstić information content (AvgIpc) is 3.28. The van der Waals surface area contributed by atoms with Crippen LogP contribution in [0.25, 0.3) is 0 Å². The molecule has 1 aromatic rings. The molecule has 7 heteroatoms. The summed E-state index contributed by atoms with van der Waals surface area (Å²) in [6, 6.07) is 5.92. The van der Waals surface area contributed by atoms with Gasteiger partial charge in [0.2, 0.25) is 0 Å². The van der Waals surface area contributed by atoms with E-state index in [1.54, 1.807) is 19.1 Å². The Hall–Kier alpha value is -1.60. The predicted molar refractivity (Wildman–Crippen MR) is 76.5 cm³/mol. The first-order valence-corrected chi connectivity index (χ1v) is 8.23. The van der Waals surface area contributed by atoms with Crippen LogP contribution in [0, 0.1) is 5.92 Å². The highest BCUT2D eigenvalue weighted by Crippen LogP contribution is 2.29. The van der Waals surface area contributed by atoms with E-state index >= 15 is 0 Å². The zero-order valence-corrected chi connectivity index (χ0v) is 12.9. The summed E-state index contributed by atoms with van der Waals surface area (Å²) in [5.41, 5.74) is 0. The molecule has 1 aliphatic carbocycles. The largest absolute Gasteiger partial charge is 0.497 e. The van der Waals surface area contributed by atoms with Crippen LogP contribution in [0.1, 0.15) is 19.8 Å². The lowest BCUT2D eigenvalue weighted by Crippen LogP contribution is -2.38.